The smallest absolute Gasteiger partial charge is 0.223 e. The third-order valence-electron chi connectivity index (χ3n) is 3.36. The highest BCUT2D eigenvalue weighted by atomic mass is 35.5. The standard InChI is InChI=1S/C17H17Cl2N3O2/c1-12(23)22(15-7-4-6-14(18)17(15)19)10-8-16(24)21-11-13-5-2-3-9-20-13/h2-7,9H,8,10-11H2,1H3,(H,21,24). The summed E-state index contributed by atoms with van der Waals surface area (Å²) in [6, 6.07) is 10.5. The predicted molar refractivity (Wildman–Crippen MR) is 95.2 cm³/mol. The minimum atomic E-state index is -0.211. The van der Waals surface area contributed by atoms with Gasteiger partial charge in [0.05, 0.1) is 28.0 Å². The van der Waals surface area contributed by atoms with Crippen molar-refractivity contribution in [3.05, 3.63) is 58.3 Å². The second-order valence-electron chi connectivity index (χ2n) is 5.09. The summed E-state index contributed by atoms with van der Waals surface area (Å²) in [5.74, 6) is -0.387. The van der Waals surface area contributed by atoms with Crippen molar-refractivity contribution in [2.75, 3.05) is 11.4 Å². The van der Waals surface area contributed by atoms with Crippen LogP contribution in [0.5, 0.6) is 0 Å². The Morgan fingerprint density at radius 1 is 1.17 bits per heavy atom. The molecular formula is C17H17Cl2N3O2. The summed E-state index contributed by atoms with van der Waals surface area (Å²) in [6.07, 6.45) is 1.81. The van der Waals surface area contributed by atoms with Crippen molar-refractivity contribution in [1.29, 1.82) is 0 Å². The Bertz CT molecular complexity index is 723. The number of aromatic nitrogens is 1. The Morgan fingerprint density at radius 3 is 2.62 bits per heavy atom. The summed E-state index contributed by atoms with van der Waals surface area (Å²) in [6.45, 7) is 1.98. The Kier molecular flexibility index (Phi) is 6.58. The number of rotatable bonds is 6. The first kappa shape index (κ1) is 18.2. The van der Waals surface area contributed by atoms with Gasteiger partial charge in [-0.05, 0) is 24.3 Å². The molecule has 126 valence electrons. The molecule has 0 aliphatic carbocycles. The number of anilines is 1. The van der Waals surface area contributed by atoms with E-state index < -0.39 is 0 Å². The van der Waals surface area contributed by atoms with Crippen LogP contribution in [-0.2, 0) is 16.1 Å². The molecule has 0 saturated carbocycles. The molecule has 0 saturated heterocycles. The molecule has 0 atom stereocenters. The molecule has 0 radical (unpaired) electrons. The molecule has 2 rings (SSSR count). The summed E-state index contributed by atoms with van der Waals surface area (Å²) in [7, 11) is 0. The normalized spacial score (nSPS) is 10.3. The van der Waals surface area contributed by atoms with Gasteiger partial charge in [-0.1, -0.05) is 35.3 Å². The number of pyridine rings is 1. The first-order valence-electron chi connectivity index (χ1n) is 7.37. The van der Waals surface area contributed by atoms with Crippen LogP contribution in [-0.4, -0.2) is 23.3 Å². The Hall–Kier alpha value is -2.11. The molecule has 1 aromatic carbocycles. The van der Waals surface area contributed by atoms with E-state index in [1.165, 1.54) is 11.8 Å². The van der Waals surface area contributed by atoms with Crippen molar-refractivity contribution in [3.63, 3.8) is 0 Å². The fraction of sp³-hybridized carbons (Fsp3) is 0.235. The SMILES string of the molecule is CC(=O)N(CCC(=O)NCc1ccccn1)c1cccc(Cl)c1Cl. The summed E-state index contributed by atoms with van der Waals surface area (Å²) in [5.41, 5.74) is 1.27. The zero-order valence-corrected chi connectivity index (χ0v) is 14.6. The maximum Gasteiger partial charge on any atom is 0.223 e. The Labute approximate surface area is 150 Å². The Balaban J connectivity index is 1.95. The van der Waals surface area contributed by atoms with Crippen molar-refractivity contribution < 1.29 is 9.59 Å². The van der Waals surface area contributed by atoms with Crippen molar-refractivity contribution in [3.8, 4) is 0 Å². The van der Waals surface area contributed by atoms with Crippen molar-refractivity contribution in [2.45, 2.75) is 19.9 Å². The summed E-state index contributed by atoms with van der Waals surface area (Å²) >= 11 is 12.1. The van der Waals surface area contributed by atoms with E-state index in [9.17, 15) is 9.59 Å². The van der Waals surface area contributed by atoms with E-state index in [0.29, 0.717) is 22.3 Å². The molecule has 0 fully saturated rings. The molecular weight excluding hydrogens is 349 g/mol. The largest absolute Gasteiger partial charge is 0.350 e. The fourth-order valence-electron chi connectivity index (χ4n) is 2.14. The third kappa shape index (κ3) is 4.94. The van der Waals surface area contributed by atoms with E-state index in [-0.39, 0.29) is 24.8 Å². The highest BCUT2D eigenvalue weighted by Gasteiger charge is 2.17. The third-order valence-corrected chi connectivity index (χ3v) is 4.17. The van der Waals surface area contributed by atoms with Gasteiger partial charge in [0.1, 0.15) is 0 Å². The number of carbonyl (C=O) groups is 2. The van der Waals surface area contributed by atoms with Crippen LogP contribution >= 0.6 is 23.2 Å². The zero-order valence-electron chi connectivity index (χ0n) is 13.1. The summed E-state index contributed by atoms with van der Waals surface area (Å²) in [4.78, 5) is 29.4. The number of carbonyl (C=O) groups excluding carboxylic acids is 2. The summed E-state index contributed by atoms with van der Waals surface area (Å²) in [5, 5.41) is 3.43. The number of benzene rings is 1. The average Bonchev–Trinajstić information content (AvgIpc) is 2.57. The molecule has 0 aliphatic heterocycles. The van der Waals surface area contributed by atoms with Crippen LogP contribution in [0.3, 0.4) is 0 Å². The van der Waals surface area contributed by atoms with Gasteiger partial charge in [-0.15, -0.1) is 0 Å². The molecule has 5 nitrogen and oxygen atoms in total. The highest BCUT2D eigenvalue weighted by Crippen LogP contribution is 2.32. The number of hydrogen-bond donors (Lipinski definition) is 1. The first-order valence-corrected chi connectivity index (χ1v) is 8.13. The van der Waals surface area contributed by atoms with Crippen LogP contribution in [0.25, 0.3) is 0 Å². The lowest BCUT2D eigenvalue weighted by Gasteiger charge is -2.22. The molecule has 0 bridgehead atoms. The van der Waals surface area contributed by atoms with Crippen molar-refractivity contribution in [2.24, 2.45) is 0 Å². The van der Waals surface area contributed by atoms with Gasteiger partial charge in [-0.2, -0.15) is 0 Å². The lowest BCUT2D eigenvalue weighted by atomic mass is 10.2. The van der Waals surface area contributed by atoms with Gasteiger partial charge >= 0.3 is 0 Å². The van der Waals surface area contributed by atoms with E-state index in [4.69, 9.17) is 23.2 Å². The molecule has 0 aliphatic rings. The Morgan fingerprint density at radius 2 is 1.96 bits per heavy atom. The van der Waals surface area contributed by atoms with Gasteiger partial charge in [0.25, 0.3) is 0 Å². The summed E-state index contributed by atoms with van der Waals surface area (Å²) < 4.78 is 0. The molecule has 1 N–H and O–H groups in total. The number of nitrogens with zero attached hydrogens (tertiary/aromatic N) is 2. The second-order valence-corrected chi connectivity index (χ2v) is 5.88. The number of amides is 2. The van der Waals surface area contributed by atoms with Crippen molar-refractivity contribution in [1.82, 2.24) is 10.3 Å². The molecule has 24 heavy (non-hydrogen) atoms. The number of halogens is 2. The predicted octanol–water partition coefficient (Wildman–Crippen LogP) is 3.45. The van der Waals surface area contributed by atoms with Gasteiger partial charge in [-0.25, -0.2) is 0 Å². The van der Waals surface area contributed by atoms with Crippen LogP contribution in [0.1, 0.15) is 19.0 Å². The molecule has 1 heterocycles. The van der Waals surface area contributed by atoms with Gasteiger partial charge in [0.2, 0.25) is 11.8 Å². The van der Waals surface area contributed by atoms with Crippen molar-refractivity contribution >= 4 is 40.7 Å². The number of hydrogen-bond acceptors (Lipinski definition) is 3. The van der Waals surface area contributed by atoms with E-state index in [1.807, 2.05) is 18.2 Å². The average molecular weight is 366 g/mol. The van der Waals surface area contributed by atoms with Gasteiger partial charge in [0.15, 0.2) is 0 Å². The minimum absolute atomic E-state index is 0.148. The van der Waals surface area contributed by atoms with Gasteiger partial charge < -0.3 is 10.2 Å². The van der Waals surface area contributed by atoms with Crippen LogP contribution in [0.4, 0.5) is 5.69 Å². The van der Waals surface area contributed by atoms with E-state index in [1.54, 1.807) is 24.4 Å². The quantitative estimate of drug-likeness (QED) is 0.852. The highest BCUT2D eigenvalue weighted by molar-refractivity contribution is 6.44. The second kappa shape index (κ2) is 8.66. The van der Waals surface area contributed by atoms with Gasteiger partial charge in [-0.3, -0.25) is 14.6 Å². The van der Waals surface area contributed by atoms with Crippen LogP contribution in [0.2, 0.25) is 10.0 Å². The topological polar surface area (TPSA) is 62.3 Å². The maximum atomic E-state index is 12.0. The van der Waals surface area contributed by atoms with E-state index in [2.05, 4.69) is 10.3 Å². The van der Waals surface area contributed by atoms with Crippen LogP contribution in [0.15, 0.2) is 42.6 Å². The molecule has 2 amide bonds. The zero-order chi connectivity index (χ0) is 17.5. The van der Waals surface area contributed by atoms with Crippen LogP contribution < -0.4 is 10.2 Å². The lowest BCUT2D eigenvalue weighted by Crippen LogP contribution is -2.34. The molecule has 7 heteroatoms. The maximum absolute atomic E-state index is 12.0. The number of nitrogens with one attached hydrogen (secondary N) is 1. The van der Waals surface area contributed by atoms with E-state index in [0.717, 1.165) is 5.69 Å². The minimum Gasteiger partial charge on any atom is -0.350 e. The lowest BCUT2D eigenvalue weighted by molar-refractivity contribution is -0.121. The molecule has 1 aromatic heterocycles. The first-order chi connectivity index (χ1) is 11.5. The fourth-order valence-corrected chi connectivity index (χ4v) is 2.54. The van der Waals surface area contributed by atoms with Gasteiger partial charge in [0, 0.05) is 26.1 Å². The van der Waals surface area contributed by atoms with E-state index >= 15 is 0 Å². The molecule has 2 aromatic rings. The monoisotopic (exact) mass is 365 g/mol. The molecule has 0 spiro atoms. The van der Waals surface area contributed by atoms with Crippen LogP contribution in [0, 0.1) is 0 Å². The molecule has 0 unspecified atom stereocenters.